The molecule has 3 rings (SSSR count). The molecule has 1 unspecified atom stereocenters. The lowest BCUT2D eigenvalue weighted by atomic mass is 10.1. The zero-order chi connectivity index (χ0) is 16.4. The number of ether oxygens (including phenoxy) is 1. The van der Waals surface area contributed by atoms with Crippen LogP contribution in [-0.2, 0) is 4.79 Å². The van der Waals surface area contributed by atoms with E-state index < -0.39 is 12.1 Å². The predicted molar refractivity (Wildman–Crippen MR) is 87.7 cm³/mol. The fraction of sp³-hybridized carbons (Fsp3) is 0.176. The first-order valence-corrected chi connectivity index (χ1v) is 7.18. The summed E-state index contributed by atoms with van der Waals surface area (Å²) in [6, 6.07) is 13.3. The first-order chi connectivity index (χ1) is 11.1. The van der Waals surface area contributed by atoms with E-state index in [0.717, 1.165) is 11.3 Å². The van der Waals surface area contributed by atoms with Gasteiger partial charge in [-0.25, -0.2) is 4.79 Å². The van der Waals surface area contributed by atoms with Gasteiger partial charge in [0, 0.05) is 30.1 Å². The number of anilines is 2. The summed E-state index contributed by atoms with van der Waals surface area (Å²) in [6.45, 7) is 0. The minimum absolute atomic E-state index is 0.160. The Kier molecular flexibility index (Phi) is 3.89. The molecule has 0 saturated carbocycles. The topological polar surface area (TPSA) is 70.7 Å². The number of carbonyl (C=O) groups is 2. The predicted octanol–water partition coefficient (Wildman–Crippen LogP) is 2.53. The minimum Gasteiger partial charge on any atom is -0.497 e. The quantitative estimate of drug-likeness (QED) is 0.915. The van der Waals surface area contributed by atoms with E-state index >= 15 is 0 Å². The van der Waals surface area contributed by atoms with E-state index in [9.17, 15) is 9.59 Å². The first kappa shape index (κ1) is 14.9. The third-order valence-corrected chi connectivity index (χ3v) is 3.79. The van der Waals surface area contributed by atoms with Crippen molar-refractivity contribution in [3.05, 3.63) is 54.1 Å². The number of fused-ring (bicyclic) bond motifs is 1. The lowest BCUT2D eigenvalue weighted by Gasteiger charge is -2.14. The van der Waals surface area contributed by atoms with Crippen LogP contribution in [0.15, 0.2) is 48.5 Å². The highest BCUT2D eigenvalue weighted by molar-refractivity contribution is 6.06. The molecular formula is C17H17N3O3. The van der Waals surface area contributed by atoms with Crippen LogP contribution in [0.1, 0.15) is 11.6 Å². The highest BCUT2D eigenvalue weighted by atomic mass is 16.5. The molecule has 2 aromatic carbocycles. The zero-order valence-corrected chi connectivity index (χ0v) is 12.9. The van der Waals surface area contributed by atoms with Crippen LogP contribution in [0.5, 0.6) is 5.75 Å². The maximum atomic E-state index is 12.3. The number of rotatable bonds is 3. The molecule has 0 aromatic heterocycles. The van der Waals surface area contributed by atoms with Crippen molar-refractivity contribution in [2.75, 3.05) is 24.4 Å². The summed E-state index contributed by atoms with van der Waals surface area (Å²) in [4.78, 5) is 26.1. The summed E-state index contributed by atoms with van der Waals surface area (Å²) in [5, 5.41) is 5.43. The minimum atomic E-state index is -0.679. The third-order valence-electron chi connectivity index (χ3n) is 3.79. The monoisotopic (exact) mass is 311 g/mol. The van der Waals surface area contributed by atoms with Crippen LogP contribution in [0.2, 0.25) is 0 Å². The maximum absolute atomic E-state index is 12.3. The largest absolute Gasteiger partial charge is 0.497 e. The van der Waals surface area contributed by atoms with Crippen molar-refractivity contribution in [1.29, 1.82) is 0 Å². The Balaban J connectivity index is 1.74. The number of amides is 3. The van der Waals surface area contributed by atoms with Crippen molar-refractivity contribution in [2.45, 2.75) is 6.04 Å². The van der Waals surface area contributed by atoms with Crippen LogP contribution < -0.4 is 20.3 Å². The second-order valence-electron chi connectivity index (χ2n) is 5.22. The van der Waals surface area contributed by atoms with Gasteiger partial charge in [0.25, 0.3) is 5.91 Å². The molecule has 6 heteroatoms. The second kappa shape index (κ2) is 6.00. The average molecular weight is 311 g/mol. The smallest absolute Gasteiger partial charge is 0.320 e. The van der Waals surface area contributed by atoms with Gasteiger partial charge in [0.15, 0.2) is 0 Å². The van der Waals surface area contributed by atoms with Crippen LogP contribution in [0, 0.1) is 0 Å². The summed E-state index contributed by atoms with van der Waals surface area (Å²) in [5.41, 5.74) is 2.19. The molecule has 0 aliphatic carbocycles. The van der Waals surface area contributed by atoms with Crippen LogP contribution in [0.4, 0.5) is 16.2 Å². The van der Waals surface area contributed by atoms with E-state index in [4.69, 9.17) is 4.74 Å². The van der Waals surface area contributed by atoms with Gasteiger partial charge in [0.2, 0.25) is 0 Å². The van der Waals surface area contributed by atoms with E-state index in [1.807, 2.05) is 24.3 Å². The Hall–Kier alpha value is -3.02. The molecule has 0 bridgehead atoms. The number of nitrogens with zero attached hydrogens (tertiary/aromatic N) is 1. The Bertz CT molecular complexity index is 760. The number of methoxy groups -OCH3 is 1. The van der Waals surface area contributed by atoms with Gasteiger partial charge >= 0.3 is 6.03 Å². The van der Waals surface area contributed by atoms with Gasteiger partial charge in [-0.2, -0.15) is 0 Å². The average Bonchev–Trinajstić information content (AvgIpc) is 2.80. The van der Waals surface area contributed by atoms with Gasteiger partial charge < -0.3 is 20.3 Å². The summed E-state index contributed by atoms with van der Waals surface area (Å²) in [6.07, 6.45) is 0. The summed E-state index contributed by atoms with van der Waals surface area (Å²) in [5.74, 6) is 0.483. The SMILES string of the molecule is COc1cccc(NC(=O)NC2C(=O)N(C)c3ccccc32)c1. The number of urea groups is 1. The number of para-hydroxylation sites is 1. The Morgan fingerprint density at radius 3 is 2.74 bits per heavy atom. The summed E-state index contributed by atoms with van der Waals surface area (Å²) >= 11 is 0. The number of hydrogen-bond acceptors (Lipinski definition) is 3. The molecule has 0 fully saturated rings. The first-order valence-electron chi connectivity index (χ1n) is 7.18. The molecule has 2 aromatic rings. The standard InChI is InChI=1S/C17H17N3O3/c1-20-14-9-4-3-8-13(14)15(16(20)21)19-17(22)18-11-6-5-7-12(10-11)23-2/h3-10,15H,1-2H3,(H2,18,19,22). The maximum Gasteiger partial charge on any atom is 0.320 e. The van der Waals surface area contributed by atoms with Crippen molar-refractivity contribution in [3.63, 3.8) is 0 Å². The molecule has 118 valence electrons. The molecule has 23 heavy (non-hydrogen) atoms. The molecule has 1 atom stereocenters. The van der Waals surface area contributed by atoms with E-state index in [0.29, 0.717) is 11.4 Å². The molecule has 2 N–H and O–H groups in total. The number of hydrogen-bond donors (Lipinski definition) is 2. The fourth-order valence-electron chi connectivity index (χ4n) is 2.62. The molecule has 0 saturated heterocycles. The van der Waals surface area contributed by atoms with Crippen LogP contribution in [-0.4, -0.2) is 26.1 Å². The van der Waals surface area contributed by atoms with Crippen molar-refractivity contribution in [3.8, 4) is 5.75 Å². The molecule has 1 aliphatic heterocycles. The molecule has 3 amide bonds. The van der Waals surface area contributed by atoms with E-state index in [-0.39, 0.29) is 5.91 Å². The van der Waals surface area contributed by atoms with Gasteiger partial charge in [-0.1, -0.05) is 24.3 Å². The van der Waals surface area contributed by atoms with E-state index in [2.05, 4.69) is 10.6 Å². The zero-order valence-electron chi connectivity index (χ0n) is 12.9. The lowest BCUT2D eigenvalue weighted by molar-refractivity contribution is -0.119. The van der Waals surface area contributed by atoms with Crippen molar-refractivity contribution >= 4 is 23.3 Å². The van der Waals surface area contributed by atoms with Crippen molar-refractivity contribution in [2.24, 2.45) is 0 Å². The second-order valence-corrected chi connectivity index (χ2v) is 5.22. The third kappa shape index (κ3) is 2.83. The molecule has 6 nitrogen and oxygen atoms in total. The Morgan fingerprint density at radius 1 is 1.17 bits per heavy atom. The van der Waals surface area contributed by atoms with Crippen LogP contribution >= 0.6 is 0 Å². The highest BCUT2D eigenvalue weighted by Crippen LogP contribution is 2.34. The Labute approximate surface area is 134 Å². The van der Waals surface area contributed by atoms with E-state index in [1.165, 1.54) is 0 Å². The Morgan fingerprint density at radius 2 is 1.96 bits per heavy atom. The molecule has 1 heterocycles. The number of likely N-dealkylation sites (N-methyl/N-ethyl adjacent to an activating group) is 1. The van der Waals surface area contributed by atoms with Gasteiger partial charge in [-0.3, -0.25) is 4.79 Å². The molecular weight excluding hydrogens is 294 g/mol. The number of nitrogens with one attached hydrogen (secondary N) is 2. The fourth-order valence-corrected chi connectivity index (χ4v) is 2.62. The van der Waals surface area contributed by atoms with Gasteiger partial charge in [0.05, 0.1) is 7.11 Å². The van der Waals surface area contributed by atoms with Crippen molar-refractivity contribution in [1.82, 2.24) is 5.32 Å². The highest BCUT2D eigenvalue weighted by Gasteiger charge is 2.35. The van der Waals surface area contributed by atoms with Crippen molar-refractivity contribution < 1.29 is 14.3 Å². The molecule has 1 aliphatic rings. The van der Waals surface area contributed by atoms with E-state index in [1.54, 1.807) is 43.3 Å². The van der Waals surface area contributed by atoms with Gasteiger partial charge in [-0.15, -0.1) is 0 Å². The molecule has 0 spiro atoms. The lowest BCUT2D eigenvalue weighted by Crippen LogP contribution is -2.38. The van der Waals surface area contributed by atoms with Gasteiger partial charge in [0.1, 0.15) is 11.8 Å². The normalized spacial score (nSPS) is 16.0. The van der Waals surface area contributed by atoms with Gasteiger partial charge in [-0.05, 0) is 18.2 Å². The van der Waals surface area contributed by atoms with Crippen LogP contribution in [0.25, 0.3) is 0 Å². The summed E-state index contributed by atoms with van der Waals surface area (Å²) < 4.78 is 5.11. The summed E-state index contributed by atoms with van der Waals surface area (Å²) in [7, 11) is 3.26. The number of carbonyl (C=O) groups excluding carboxylic acids is 2. The molecule has 0 radical (unpaired) electrons. The van der Waals surface area contributed by atoms with Crippen LogP contribution in [0.3, 0.4) is 0 Å². The number of benzene rings is 2.